The van der Waals surface area contributed by atoms with Crippen LogP contribution in [0.25, 0.3) is 0 Å². The van der Waals surface area contributed by atoms with Crippen LogP contribution >= 0.6 is 0 Å². The van der Waals surface area contributed by atoms with Crippen molar-refractivity contribution < 1.29 is 17.9 Å². The zero-order valence-electron chi connectivity index (χ0n) is 12.8. The highest BCUT2D eigenvalue weighted by atomic mass is 19.4. The van der Waals surface area contributed by atoms with Gasteiger partial charge in [-0.05, 0) is 43.0 Å². The van der Waals surface area contributed by atoms with E-state index in [2.05, 4.69) is 30.8 Å². The molecule has 0 saturated carbocycles. The monoisotopic (exact) mass is 303 g/mol. The molecule has 0 aliphatic heterocycles. The van der Waals surface area contributed by atoms with E-state index < -0.39 is 6.36 Å². The van der Waals surface area contributed by atoms with Gasteiger partial charge in [-0.15, -0.1) is 13.2 Å². The van der Waals surface area contributed by atoms with Crippen LogP contribution in [0, 0.1) is 5.92 Å². The summed E-state index contributed by atoms with van der Waals surface area (Å²) in [5.41, 5.74) is 1.01. The Kier molecular flexibility index (Phi) is 7.02. The maximum atomic E-state index is 12.1. The molecule has 1 aromatic carbocycles. The molecular formula is C16H24F3NO. The largest absolute Gasteiger partial charge is 0.573 e. The normalized spacial score (nSPS) is 14.8. The second kappa shape index (κ2) is 8.27. The van der Waals surface area contributed by atoms with Crippen molar-refractivity contribution in [2.45, 2.75) is 52.4 Å². The third-order valence-electron chi connectivity index (χ3n) is 3.60. The number of hydrogen-bond donors (Lipinski definition) is 1. The minimum Gasteiger partial charge on any atom is -0.406 e. The lowest BCUT2D eigenvalue weighted by Gasteiger charge is -2.24. The van der Waals surface area contributed by atoms with Crippen LogP contribution in [0.5, 0.6) is 5.75 Å². The Balaban J connectivity index is 2.66. The first-order chi connectivity index (χ1) is 9.85. The lowest BCUT2D eigenvalue weighted by Crippen LogP contribution is -2.37. The Morgan fingerprint density at radius 3 is 2.24 bits per heavy atom. The highest BCUT2D eigenvalue weighted by Gasteiger charge is 2.31. The molecule has 2 atom stereocenters. The predicted molar refractivity (Wildman–Crippen MR) is 78.4 cm³/mol. The van der Waals surface area contributed by atoms with Crippen molar-refractivity contribution in [1.82, 2.24) is 5.32 Å². The van der Waals surface area contributed by atoms with Crippen molar-refractivity contribution in [2.24, 2.45) is 5.92 Å². The molecular weight excluding hydrogens is 279 g/mol. The second-order valence-corrected chi connectivity index (χ2v) is 5.34. The molecule has 1 rings (SSSR count). The van der Waals surface area contributed by atoms with Crippen LogP contribution in [0.3, 0.4) is 0 Å². The molecule has 0 amide bonds. The average molecular weight is 303 g/mol. The summed E-state index contributed by atoms with van der Waals surface area (Å²) in [6.07, 6.45) is -1.70. The molecule has 5 heteroatoms. The van der Waals surface area contributed by atoms with Crippen LogP contribution < -0.4 is 10.1 Å². The van der Waals surface area contributed by atoms with Gasteiger partial charge in [-0.1, -0.05) is 39.3 Å². The van der Waals surface area contributed by atoms with Gasteiger partial charge < -0.3 is 10.1 Å². The van der Waals surface area contributed by atoms with Gasteiger partial charge in [0.05, 0.1) is 0 Å². The second-order valence-electron chi connectivity index (χ2n) is 5.34. The van der Waals surface area contributed by atoms with Gasteiger partial charge >= 0.3 is 6.36 Å². The lowest BCUT2D eigenvalue weighted by molar-refractivity contribution is -0.274. The van der Waals surface area contributed by atoms with Crippen LogP contribution in [0.15, 0.2) is 24.3 Å². The quantitative estimate of drug-likeness (QED) is 0.761. The highest BCUT2D eigenvalue weighted by molar-refractivity contribution is 5.28. The number of hydrogen-bond acceptors (Lipinski definition) is 2. The summed E-state index contributed by atoms with van der Waals surface area (Å²) in [5, 5.41) is 3.51. The molecule has 1 N–H and O–H groups in total. The summed E-state index contributed by atoms with van der Waals surface area (Å²) in [4.78, 5) is 0. The molecule has 0 aliphatic rings. The van der Waals surface area contributed by atoms with Crippen LogP contribution in [-0.4, -0.2) is 18.9 Å². The van der Waals surface area contributed by atoms with Gasteiger partial charge in [-0.2, -0.15) is 0 Å². The van der Waals surface area contributed by atoms with E-state index in [9.17, 15) is 13.2 Å². The van der Waals surface area contributed by atoms with Gasteiger partial charge in [0.25, 0.3) is 0 Å². The fourth-order valence-corrected chi connectivity index (χ4v) is 2.17. The number of alkyl halides is 3. The first kappa shape index (κ1) is 17.8. The van der Waals surface area contributed by atoms with Crippen molar-refractivity contribution in [2.75, 3.05) is 6.54 Å². The highest BCUT2D eigenvalue weighted by Crippen LogP contribution is 2.23. The van der Waals surface area contributed by atoms with Crippen LogP contribution in [0.4, 0.5) is 13.2 Å². The van der Waals surface area contributed by atoms with Gasteiger partial charge in [0, 0.05) is 6.04 Å². The van der Waals surface area contributed by atoms with Gasteiger partial charge in [0.15, 0.2) is 0 Å². The van der Waals surface area contributed by atoms with Crippen molar-refractivity contribution >= 4 is 0 Å². The molecule has 0 spiro atoms. The molecule has 0 saturated heterocycles. The minimum atomic E-state index is -4.64. The molecule has 2 nitrogen and oxygen atoms in total. The van der Waals surface area contributed by atoms with Crippen LogP contribution in [-0.2, 0) is 6.42 Å². The summed E-state index contributed by atoms with van der Waals surface area (Å²) in [6, 6.07) is 6.48. The Hall–Kier alpha value is -1.23. The van der Waals surface area contributed by atoms with Crippen molar-refractivity contribution in [3.05, 3.63) is 29.8 Å². The molecule has 1 aromatic rings. The summed E-state index contributed by atoms with van der Waals surface area (Å²) < 4.78 is 40.2. The van der Waals surface area contributed by atoms with Crippen molar-refractivity contribution in [3.63, 3.8) is 0 Å². The number of nitrogens with one attached hydrogen (secondary N) is 1. The Labute approximate surface area is 124 Å². The zero-order chi connectivity index (χ0) is 15.9. The van der Waals surface area contributed by atoms with E-state index in [0.29, 0.717) is 12.0 Å². The van der Waals surface area contributed by atoms with Crippen molar-refractivity contribution in [1.29, 1.82) is 0 Å². The first-order valence-corrected chi connectivity index (χ1v) is 7.43. The molecule has 0 aliphatic carbocycles. The van der Waals surface area contributed by atoms with Crippen molar-refractivity contribution in [3.8, 4) is 5.75 Å². The van der Waals surface area contributed by atoms with Gasteiger partial charge in [-0.25, -0.2) is 0 Å². The van der Waals surface area contributed by atoms with Crippen LogP contribution in [0.1, 0.15) is 39.2 Å². The van der Waals surface area contributed by atoms with Crippen LogP contribution in [0.2, 0.25) is 0 Å². The van der Waals surface area contributed by atoms with E-state index in [1.807, 2.05) is 0 Å². The number of benzene rings is 1. The van der Waals surface area contributed by atoms with E-state index in [1.165, 1.54) is 12.1 Å². The fourth-order valence-electron chi connectivity index (χ4n) is 2.17. The number of halogens is 3. The molecule has 120 valence electrons. The minimum absolute atomic E-state index is 0.173. The van der Waals surface area contributed by atoms with Gasteiger partial charge in [0.2, 0.25) is 0 Å². The van der Waals surface area contributed by atoms with Gasteiger partial charge in [0.1, 0.15) is 5.75 Å². The fraction of sp³-hybridized carbons (Fsp3) is 0.625. The van der Waals surface area contributed by atoms with E-state index in [1.54, 1.807) is 12.1 Å². The number of ether oxygens (including phenoxy) is 1. The summed E-state index contributed by atoms with van der Waals surface area (Å²) in [7, 11) is 0. The molecule has 0 radical (unpaired) electrons. The smallest absolute Gasteiger partial charge is 0.406 e. The van der Waals surface area contributed by atoms with E-state index >= 15 is 0 Å². The topological polar surface area (TPSA) is 21.3 Å². The summed E-state index contributed by atoms with van der Waals surface area (Å²) in [5.74, 6) is 0.343. The molecule has 21 heavy (non-hydrogen) atoms. The molecule has 0 fully saturated rings. The first-order valence-electron chi connectivity index (χ1n) is 7.43. The molecule has 2 unspecified atom stereocenters. The molecule has 0 bridgehead atoms. The Morgan fingerprint density at radius 2 is 1.76 bits per heavy atom. The SMILES string of the molecule is CCCNC(Cc1ccc(OC(F)(F)F)cc1)C(C)CC. The van der Waals surface area contributed by atoms with E-state index in [4.69, 9.17) is 0 Å². The van der Waals surface area contributed by atoms with E-state index in [0.717, 1.165) is 31.4 Å². The number of rotatable bonds is 8. The maximum Gasteiger partial charge on any atom is 0.573 e. The maximum absolute atomic E-state index is 12.1. The Bertz CT molecular complexity index is 403. The Morgan fingerprint density at radius 1 is 1.14 bits per heavy atom. The third kappa shape index (κ3) is 6.85. The predicted octanol–water partition coefficient (Wildman–Crippen LogP) is 4.54. The molecule has 0 aromatic heterocycles. The standard InChI is InChI=1S/C16H24F3NO/c1-4-10-20-15(12(3)5-2)11-13-6-8-14(9-7-13)21-16(17,18)19/h6-9,12,15,20H,4-5,10-11H2,1-3H3. The van der Waals surface area contributed by atoms with Gasteiger partial charge in [-0.3, -0.25) is 0 Å². The summed E-state index contributed by atoms with van der Waals surface area (Å²) >= 11 is 0. The zero-order valence-corrected chi connectivity index (χ0v) is 12.8. The molecule has 0 heterocycles. The summed E-state index contributed by atoms with van der Waals surface area (Å²) in [6.45, 7) is 7.40. The lowest BCUT2D eigenvalue weighted by atomic mass is 9.93. The average Bonchev–Trinajstić information content (AvgIpc) is 2.42. The van der Waals surface area contributed by atoms with E-state index in [-0.39, 0.29) is 5.75 Å². The third-order valence-corrected chi connectivity index (χ3v) is 3.60.